The highest BCUT2D eigenvalue weighted by atomic mass is 35.5. The summed E-state index contributed by atoms with van der Waals surface area (Å²) in [7, 11) is 0. The van der Waals surface area contributed by atoms with E-state index in [2.05, 4.69) is 13.8 Å². The minimum atomic E-state index is -0.542. The van der Waals surface area contributed by atoms with Crippen LogP contribution in [0.3, 0.4) is 0 Å². The van der Waals surface area contributed by atoms with Gasteiger partial charge >= 0.3 is 11.9 Å². The SMILES string of the molecule is CCCCOC(=O)c1cc(Cl)c(C)cc1C(=O)OCCCC(C)C. The lowest BCUT2D eigenvalue weighted by atomic mass is 10.0. The Labute approximate surface area is 149 Å². The predicted molar refractivity (Wildman–Crippen MR) is 95.7 cm³/mol. The van der Waals surface area contributed by atoms with E-state index in [0.717, 1.165) is 31.2 Å². The summed E-state index contributed by atoms with van der Waals surface area (Å²) >= 11 is 6.10. The number of hydrogen-bond donors (Lipinski definition) is 0. The number of ether oxygens (including phenoxy) is 2. The van der Waals surface area contributed by atoms with E-state index in [1.165, 1.54) is 6.07 Å². The van der Waals surface area contributed by atoms with Crippen molar-refractivity contribution in [1.82, 2.24) is 0 Å². The van der Waals surface area contributed by atoms with E-state index in [1.807, 2.05) is 6.92 Å². The molecule has 0 amide bonds. The quantitative estimate of drug-likeness (QED) is 0.452. The van der Waals surface area contributed by atoms with Crippen LogP contribution in [0.15, 0.2) is 12.1 Å². The van der Waals surface area contributed by atoms with Gasteiger partial charge in [0.25, 0.3) is 0 Å². The number of carbonyl (C=O) groups excluding carboxylic acids is 2. The molecule has 0 radical (unpaired) electrons. The van der Waals surface area contributed by atoms with Crippen molar-refractivity contribution >= 4 is 23.5 Å². The summed E-state index contributed by atoms with van der Waals surface area (Å²) in [5.41, 5.74) is 1.09. The third-order valence-corrected chi connectivity index (χ3v) is 4.04. The van der Waals surface area contributed by atoms with Gasteiger partial charge in [-0.2, -0.15) is 0 Å². The Bertz CT molecular complexity index is 567. The van der Waals surface area contributed by atoms with Crippen LogP contribution in [-0.4, -0.2) is 25.2 Å². The smallest absolute Gasteiger partial charge is 0.339 e. The van der Waals surface area contributed by atoms with Gasteiger partial charge in [-0.05, 0) is 49.8 Å². The molecule has 0 aliphatic rings. The van der Waals surface area contributed by atoms with Crippen LogP contribution < -0.4 is 0 Å². The van der Waals surface area contributed by atoms with Crippen molar-refractivity contribution in [2.75, 3.05) is 13.2 Å². The van der Waals surface area contributed by atoms with Crippen molar-refractivity contribution in [2.45, 2.75) is 53.4 Å². The molecule has 0 spiro atoms. The van der Waals surface area contributed by atoms with Gasteiger partial charge < -0.3 is 9.47 Å². The molecule has 0 bridgehead atoms. The van der Waals surface area contributed by atoms with E-state index >= 15 is 0 Å². The van der Waals surface area contributed by atoms with Crippen LogP contribution in [0.1, 0.15) is 72.7 Å². The highest BCUT2D eigenvalue weighted by Gasteiger charge is 2.21. The Balaban J connectivity index is 2.85. The van der Waals surface area contributed by atoms with Gasteiger partial charge in [0.2, 0.25) is 0 Å². The fraction of sp³-hybridized carbons (Fsp3) is 0.579. The Hall–Kier alpha value is -1.55. The van der Waals surface area contributed by atoms with Gasteiger partial charge in [-0.3, -0.25) is 0 Å². The first-order valence-corrected chi connectivity index (χ1v) is 8.89. The molecule has 0 aromatic heterocycles. The second-order valence-electron chi connectivity index (χ2n) is 6.31. The number of rotatable bonds is 9. The highest BCUT2D eigenvalue weighted by Crippen LogP contribution is 2.23. The molecular weight excluding hydrogens is 328 g/mol. The largest absolute Gasteiger partial charge is 0.462 e. The van der Waals surface area contributed by atoms with Crippen LogP contribution in [0.25, 0.3) is 0 Å². The van der Waals surface area contributed by atoms with Gasteiger partial charge in [-0.25, -0.2) is 9.59 Å². The number of hydrogen-bond acceptors (Lipinski definition) is 4. The van der Waals surface area contributed by atoms with E-state index in [4.69, 9.17) is 21.1 Å². The number of benzene rings is 1. The molecule has 1 rings (SSSR count). The average molecular weight is 355 g/mol. The highest BCUT2D eigenvalue weighted by molar-refractivity contribution is 6.32. The zero-order valence-corrected chi connectivity index (χ0v) is 15.7. The summed E-state index contributed by atoms with van der Waals surface area (Å²) in [6.07, 6.45) is 3.48. The van der Waals surface area contributed by atoms with E-state index < -0.39 is 11.9 Å². The number of unbranched alkanes of at least 4 members (excludes halogenated alkanes) is 1. The lowest BCUT2D eigenvalue weighted by Crippen LogP contribution is -2.15. The molecule has 4 nitrogen and oxygen atoms in total. The zero-order chi connectivity index (χ0) is 18.1. The topological polar surface area (TPSA) is 52.6 Å². The minimum Gasteiger partial charge on any atom is -0.462 e. The molecular formula is C19H27ClO4. The maximum Gasteiger partial charge on any atom is 0.339 e. The average Bonchev–Trinajstić information content (AvgIpc) is 2.53. The molecule has 5 heteroatoms. The van der Waals surface area contributed by atoms with Crippen LogP contribution in [0.5, 0.6) is 0 Å². The van der Waals surface area contributed by atoms with Crippen molar-refractivity contribution in [3.8, 4) is 0 Å². The van der Waals surface area contributed by atoms with Crippen molar-refractivity contribution < 1.29 is 19.1 Å². The zero-order valence-electron chi connectivity index (χ0n) is 15.0. The Morgan fingerprint density at radius 1 is 1.04 bits per heavy atom. The lowest BCUT2D eigenvalue weighted by Gasteiger charge is -2.12. The third-order valence-electron chi connectivity index (χ3n) is 3.63. The van der Waals surface area contributed by atoms with Crippen LogP contribution in [0.4, 0.5) is 0 Å². The van der Waals surface area contributed by atoms with Crippen molar-refractivity contribution in [1.29, 1.82) is 0 Å². The van der Waals surface area contributed by atoms with E-state index in [1.54, 1.807) is 13.0 Å². The van der Waals surface area contributed by atoms with Gasteiger partial charge in [0.05, 0.1) is 24.3 Å². The molecule has 134 valence electrons. The molecule has 0 N–H and O–H groups in total. The number of esters is 2. The summed E-state index contributed by atoms with van der Waals surface area (Å²) in [5.74, 6) is -0.494. The fourth-order valence-electron chi connectivity index (χ4n) is 2.14. The van der Waals surface area contributed by atoms with Crippen LogP contribution in [0.2, 0.25) is 5.02 Å². The van der Waals surface area contributed by atoms with Crippen molar-refractivity contribution in [3.63, 3.8) is 0 Å². The summed E-state index contributed by atoms with van der Waals surface area (Å²) in [6, 6.07) is 3.07. The number of halogens is 1. The molecule has 0 fully saturated rings. The summed E-state index contributed by atoms with van der Waals surface area (Å²) in [6.45, 7) is 8.69. The molecule has 0 unspecified atom stereocenters. The first-order valence-electron chi connectivity index (χ1n) is 8.51. The third kappa shape index (κ3) is 6.52. The maximum atomic E-state index is 12.3. The van der Waals surface area contributed by atoms with Gasteiger partial charge in [-0.15, -0.1) is 0 Å². The Kier molecular flexibility index (Phi) is 8.83. The van der Waals surface area contributed by atoms with Gasteiger partial charge in [-0.1, -0.05) is 38.8 Å². The number of aryl methyl sites for hydroxylation is 1. The van der Waals surface area contributed by atoms with Crippen LogP contribution in [0, 0.1) is 12.8 Å². The number of carbonyl (C=O) groups is 2. The first-order chi connectivity index (χ1) is 11.4. The minimum absolute atomic E-state index is 0.163. The molecule has 1 aromatic carbocycles. The fourth-order valence-corrected chi connectivity index (χ4v) is 2.30. The first kappa shape index (κ1) is 20.5. The lowest BCUT2D eigenvalue weighted by molar-refractivity contribution is 0.0450. The summed E-state index contributed by atoms with van der Waals surface area (Å²) in [4.78, 5) is 24.6. The Morgan fingerprint density at radius 2 is 1.58 bits per heavy atom. The molecule has 0 saturated carbocycles. The monoisotopic (exact) mass is 354 g/mol. The molecule has 1 aromatic rings. The predicted octanol–water partition coefficient (Wildman–Crippen LogP) is 5.20. The van der Waals surface area contributed by atoms with Crippen molar-refractivity contribution in [3.05, 3.63) is 33.8 Å². The second kappa shape index (κ2) is 10.3. The molecule has 0 heterocycles. The molecule has 0 atom stereocenters. The maximum absolute atomic E-state index is 12.3. The van der Waals surface area contributed by atoms with Crippen molar-refractivity contribution in [2.24, 2.45) is 5.92 Å². The van der Waals surface area contributed by atoms with Gasteiger partial charge in [0, 0.05) is 5.02 Å². The van der Waals surface area contributed by atoms with Crippen LogP contribution in [-0.2, 0) is 9.47 Å². The molecule has 24 heavy (non-hydrogen) atoms. The summed E-state index contributed by atoms with van der Waals surface area (Å²) < 4.78 is 10.5. The normalized spacial score (nSPS) is 10.8. The van der Waals surface area contributed by atoms with E-state index in [-0.39, 0.29) is 11.1 Å². The van der Waals surface area contributed by atoms with E-state index in [0.29, 0.717) is 24.2 Å². The summed E-state index contributed by atoms with van der Waals surface area (Å²) in [5, 5.41) is 0.425. The molecule has 0 saturated heterocycles. The van der Waals surface area contributed by atoms with Gasteiger partial charge in [0.15, 0.2) is 0 Å². The second-order valence-corrected chi connectivity index (χ2v) is 6.72. The molecule has 0 aliphatic heterocycles. The molecule has 0 aliphatic carbocycles. The van der Waals surface area contributed by atoms with E-state index in [9.17, 15) is 9.59 Å². The van der Waals surface area contributed by atoms with Crippen LogP contribution >= 0.6 is 11.6 Å². The Morgan fingerprint density at radius 3 is 2.12 bits per heavy atom. The van der Waals surface area contributed by atoms with Gasteiger partial charge in [0.1, 0.15) is 0 Å². The standard InChI is InChI=1S/C19H27ClO4/c1-5-6-9-23-19(22)16-12-17(20)14(4)11-15(16)18(21)24-10-7-8-13(2)3/h11-13H,5-10H2,1-4H3.